The molecule has 3 nitrogen and oxygen atoms in total. The first-order chi connectivity index (χ1) is 9.84. The molecule has 1 aromatic carbocycles. The Morgan fingerprint density at radius 1 is 1.19 bits per heavy atom. The minimum atomic E-state index is -4.43. The molecule has 0 aliphatic heterocycles. The lowest BCUT2D eigenvalue weighted by molar-refractivity contribution is -0.137. The summed E-state index contributed by atoms with van der Waals surface area (Å²) in [6.07, 6.45) is 1.03. The van der Waals surface area contributed by atoms with Gasteiger partial charge in [0.25, 0.3) is 0 Å². The van der Waals surface area contributed by atoms with Gasteiger partial charge in [0, 0.05) is 6.42 Å². The maximum atomic E-state index is 12.5. The van der Waals surface area contributed by atoms with E-state index in [1.807, 2.05) is 0 Å². The van der Waals surface area contributed by atoms with Gasteiger partial charge in [-0.05, 0) is 24.6 Å². The van der Waals surface area contributed by atoms with Crippen LogP contribution in [0.3, 0.4) is 0 Å². The van der Waals surface area contributed by atoms with Crippen LogP contribution in [-0.4, -0.2) is 5.91 Å². The summed E-state index contributed by atoms with van der Waals surface area (Å²) >= 11 is 0. The smallest absolute Gasteiger partial charge is 0.397 e. The third-order valence-electron chi connectivity index (χ3n) is 3.16. The molecule has 0 bridgehead atoms. The topological polar surface area (TPSA) is 55.1 Å². The van der Waals surface area contributed by atoms with Crippen molar-refractivity contribution in [1.29, 1.82) is 0 Å². The maximum Gasteiger partial charge on any atom is 0.416 e. The molecule has 0 saturated heterocycles. The Morgan fingerprint density at radius 3 is 2.43 bits per heavy atom. The molecule has 1 rings (SSSR count). The van der Waals surface area contributed by atoms with E-state index < -0.39 is 11.7 Å². The molecule has 1 amide bonds. The number of hydrogen-bond acceptors (Lipinski definition) is 2. The standard InChI is InChI=1S/C15H21F3N2O/c1-2-3-4-5-6-7-14(21)20-13-9-8-11(10-12(13)19)15(16,17)18/h8-10H,2-7,19H2,1H3,(H,20,21). The SMILES string of the molecule is CCCCCCCC(=O)Nc1ccc(C(F)(F)F)cc1N. The molecule has 1 aromatic rings. The predicted molar refractivity (Wildman–Crippen MR) is 77.9 cm³/mol. The van der Waals surface area contributed by atoms with Crippen molar-refractivity contribution in [3.63, 3.8) is 0 Å². The second-order valence-electron chi connectivity index (χ2n) is 5.01. The van der Waals surface area contributed by atoms with E-state index in [1.165, 1.54) is 6.07 Å². The summed E-state index contributed by atoms with van der Waals surface area (Å²) in [6.45, 7) is 2.11. The predicted octanol–water partition coefficient (Wildman–Crippen LogP) is 4.59. The van der Waals surface area contributed by atoms with E-state index in [1.54, 1.807) is 0 Å². The molecule has 0 aliphatic rings. The molecular weight excluding hydrogens is 281 g/mol. The lowest BCUT2D eigenvalue weighted by Gasteiger charge is -2.11. The van der Waals surface area contributed by atoms with Crippen molar-refractivity contribution in [1.82, 2.24) is 0 Å². The van der Waals surface area contributed by atoms with Gasteiger partial charge < -0.3 is 11.1 Å². The number of nitrogens with two attached hydrogens (primary N) is 1. The number of carbonyl (C=O) groups excluding carboxylic acids is 1. The minimum absolute atomic E-state index is 0.0795. The average molecular weight is 302 g/mol. The van der Waals surface area contributed by atoms with Crippen LogP contribution >= 0.6 is 0 Å². The summed E-state index contributed by atoms with van der Waals surface area (Å²) in [7, 11) is 0. The van der Waals surface area contributed by atoms with Crippen molar-refractivity contribution in [3.05, 3.63) is 23.8 Å². The van der Waals surface area contributed by atoms with Gasteiger partial charge in [-0.2, -0.15) is 13.2 Å². The summed E-state index contributed by atoms with van der Waals surface area (Å²) in [5.41, 5.74) is 4.87. The molecule has 6 heteroatoms. The van der Waals surface area contributed by atoms with Gasteiger partial charge in [-0.15, -0.1) is 0 Å². The molecule has 0 radical (unpaired) electrons. The van der Waals surface area contributed by atoms with Crippen LogP contribution < -0.4 is 11.1 Å². The number of amides is 1. The Balaban J connectivity index is 2.49. The number of benzene rings is 1. The first kappa shape index (κ1) is 17.3. The van der Waals surface area contributed by atoms with Gasteiger partial charge in [0.2, 0.25) is 5.91 Å². The second kappa shape index (κ2) is 7.90. The fraction of sp³-hybridized carbons (Fsp3) is 0.533. The molecule has 0 fully saturated rings. The number of anilines is 2. The van der Waals surface area contributed by atoms with Crippen LogP contribution in [0.2, 0.25) is 0 Å². The fourth-order valence-corrected chi connectivity index (χ4v) is 1.95. The van der Waals surface area contributed by atoms with E-state index in [4.69, 9.17) is 5.73 Å². The van der Waals surface area contributed by atoms with Crippen LogP contribution in [0.1, 0.15) is 51.0 Å². The lowest BCUT2D eigenvalue weighted by atomic mass is 10.1. The van der Waals surface area contributed by atoms with Gasteiger partial charge in [-0.1, -0.05) is 32.6 Å². The number of carbonyl (C=O) groups is 1. The van der Waals surface area contributed by atoms with Gasteiger partial charge in [0.05, 0.1) is 16.9 Å². The van der Waals surface area contributed by atoms with Gasteiger partial charge in [0.1, 0.15) is 0 Å². The number of halogens is 3. The quantitative estimate of drug-likeness (QED) is 0.572. The number of nitrogens with one attached hydrogen (secondary N) is 1. The second-order valence-corrected chi connectivity index (χ2v) is 5.01. The third-order valence-corrected chi connectivity index (χ3v) is 3.16. The van der Waals surface area contributed by atoms with Crippen LogP contribution in [0.4, 0.5) is 24.5 Å². The molecule has 0 aromatic heterocycles. The lowest BCUT2D eigenvalue weighted by Crippen LogP contribution is -2.13. The average Bonchev–Trinajstić information content (AvgIpc) is 2.39. The molecule has 0 aliphatic carbocycles. The maximum absolute atomic E-state index is 12.5. The zero-order valence-corrected chi connectivity index (χ0v) is 12.1. The van der Waals surface area contributed by atoms with E-state index >= 15 is 0 Å². The van der Waals surface area contributed by atoms with E-state index in [9.17, 15) is 18.0 Å². The minimum Gasteiger partial charge on any atom is -0.397 e. The molecule has 0 saturated carbocycles. The zero-order valence-electron chi connectivity index (χ0n) is 12.1. The Labute approximate surface area is 122 Å². The van der Waals surface area contributed by atoms with Crippen molar-refractivity contribution in [2.45, 2.75) is 51.6 Å². The Bertz CT molecular complexity index is 472. The van der Waals surface area contributed by atoms with E-state index in [0.717, 1.165) is 44.2 Å². The van der Waals surface area contributed by atoms with E-state index in [-0.39, 0.29) is 17.3 Å². The van der Waals surface area contributed by atoms with Crippen molar-refractivity contribution >= 4 is 17.3 Å². The molecule has 118 valence electrons. The van der Waals surface area contributed by atoms with Crippen molar-refractivity contribution < 1.29 is 18.0 Å². The van der Waals surface area contributed by atoms with Gasteiger partial charge in [-0.3, -0.25) is 4.79 Å². The number of rotatable bonds is 7. The molecule has 21 heavy (non-hydrogen) atoms. The first-order valence-electron chi connectivity index (χ1n) is 7.11. The molecular formula is C15H21F3N2O. The third kappa shape index (κ3) is 6.06. The van der Waals surface area contributed by atoms with Gasteiger partial charge in [-0.25, -0.2) is 0 Å². The largest absolute Gasteiger partial charge is 0.416 e. The van der Waals surface area contributed by atoms with Crippen LogP contribution in [0.15, 0.2) is 18.2 Å². The van der Waals surface area contributed by atoms with Crippen LogP contribution in [0, 0.1) is 0 Å². The molecule has 0 spiro atoms. The van der Waals surface area contributed by atoms with Crippen LogP contribution in [-0.2, 0) is 11.0 Å². The summed E-state index contributed by atoms with van der Waals surface area (Å²) in [5.74, 6) is -0.224. The van der Waals surface area contributed by atoms with Crippen LogP contribution in [0.5, 0.6) is 0 Å². The Hall–Kier alpha value is -1.72. The molecule has 3 N–H and O–H groups in total. The van der Waals surface area contributed by atoms with E-state index in [2.05, 4.69) is 12.2 Å². The summed E-state index contributed by atoms with van der Waals surface area (Å²) in [6, 6.07) is 2.93. The fourth-order valence-electron chi connectivity index (χ4n) is 1.95. The summed E-state index contributed by atoms with van der Waals surface area (Å²) < 4.78 is 37.5. The van der Waals surface area contributed by atoms with Gasteiger partial charge >= 0.3 is 6.18 Å². The van der Waals surface area contributed by atoms with Crippen LogP contribution in [0.25, 0.3) is 0 Å². The van der Waals surface area contributed by atoms with Crippen molar-refractivity contribution in [2.24, 2.45) is 0 Å². The summed E-state index contributed by atoms with van der Waals surface area (Å²) in [4.78, 5) is 11.7. The summed E-state index contributed by atoms with van der Waals surface area (Å²) in [5, 5.41) is 2.55. The highest BCUT2D eigenvalue weighted by atomic mass is 19.4. The monoisotopic (exact) mass is 302 g/mol. The molecule has 0 atom stereocenters. The normalized spacial score (nSPS) is 11.4. The van der Waals surface area contributed by atoms with Crippen molar-refractivity contribution in [2.75, 3.05) is 11.1 Å². The van der Waals surface area contributed by atoms with E-state index in [0.29, 0.717) is 6.42 Å². The van der Waals surface area contributed by atoms with Gasteiger partial charge in [0.15, 0.2) is 0 Å². The van der Waals surface area contributed by atoms with Crippen molar-refractivity contribution in [3.8, 4) is 0 Å². The highest BCUT2D eigenvalue weighted by Gasteiger charge is 2.30. The number of nitrogen functional groups attached to an aromatic ring is 1. The number of unbranched alkanes of at least 4 members (excludes halogenated alkanes) is 4. The molecule has 0 unspecified atom stereocenters. The zero-order chi connectivity index (χ0) is 15.9. The first-order valence-corrected chi connectivity index (χ1v) is 7.11. The highest BCUT2D eigenvalue weighted by molar-refractivity contribution is 5.93. The molecule has 0 heterocycles. The highest BCUT2D eigenvalue weighted by Crippen LogP contribution is 2.32. The number of hydrogen-bond donors (Lipinski definition) is 2. The Morgan fingerprint density at radius 2 is 1.86 bits per heavy atom. The Kier molecular flexibility index (Phi) is 6.52. The number of alkyl halides is 3.